The van der Waals surface area contributed by atoms with Gasteiger partial charge in [-0.15, -0.1) is 0 Å². The Morgan fingerprint density at radius 2 is 2.17 bits per heavy atom. The highest BCUT2D eigenvalue weighted by atomic mass is 32.2. The van der Waals surface area contributed by atoms with Crippen molar-refractivity contribution in [1.29, 1.82) is 0 Å². The first kappa shape index (κ1) is 18.6. The number of hydrogen-bond acceptors (Lipinski definition) is 5. The van der Waals surface area contributed by atoms with Crippen LogP contribution in [0.5, 0.6) is 0 Å². The van der Waals surface area contributed by atoms with Gasteiger partial charge in [-0.1, -0.05) is 30.8 Å². The summed E-state index contributed by atoms with van der Waals surface area (Å²) in [6.45, 7) is 5.83. The second kappa shape index (κ2) is 8.94. The quantitative estimate of drug-likeness (QED) is 0.582. The van der Waals surface area contributed by atoms with E-state index in [4.69, 9.17) is 0 Å². The lowest BCUT2D eigenvalue weighted by atomic mass is 10.2. The number of anilines is 1. The molecule has 5 nitrogen and oxygen atoms in total. The fraction of sp³-hybridized carbons (Fsp3) is 0.353. The molecule has 128 valence electrons. The van der Waals surface area contributed by atoms with Gasteiger partial charge in [-0.25, -0.2) is 4.98 Å². The van der Waals surface area contributed by atoms with Crippen molar-refractivity contribution in [2.75, 3.05) is 11.1 Å². The minimum Gasteiger partial charge on any atom is -0.325 e. The van der Waals surface area contributed by atoms with Crippen molar-refractivity contribution in [3.63, 3.8) is 0 Å². The van der Waals surface area contributed by atoms with Crippen molar-refractivity contribution >= 4 is 35.1 Å². The lowest BCUT2D eigenvalue weighted by molar-refractivity contribution is -0.115. The maximum Gasteiger partial charge on any atom is 0.251 e. The summed E-state index contributed by atoms with van der Waals surface area (Å²) in [5.41, 5.74) is 2.40. The Hall–Kier alpha value is -1.73. The van der Waals surface area contributed by atoms with Crippen LogP contribution < -0.4 is 10.9 Å². The van der Waals surface area contributed by atoms with Gasteiger partial charge in [-0.2, -0.15) is 11.8 Å². The molecular weight excluding hydrogens is 342 g/mol. The smallest absolute Gasteiger partial charge is 0.251 e. The maximum absolute atomic E-state index is 12.3. The molecule has 1 atom stereocenters. The van der Waals surface area contributed by atoms with Crippen molar-refractivity contribution in [1.82, 2.24) is 9.97 Å². The van der Waals surface area contributed by atoms with Crippen LogP contribution in [-0.4, -0.2) is 26.9 Å². The number of aromatic amines is 1. The fourth-order valence-electron chi connectivity index (χ4n) is 2.01. The zero-order valence-electron chi connectivity index (χ0n) is 14.0. The van der Waals surface area contributed by atoms with Crippen LogP contribution in [0.4, 0.5) is 5.69 Å². The molecule has 0 aliphatic rings. The molecule has 1 aromatic carbocycles. The number of benzene rings is 1. The van der Waals surface area contributed by atoms with Crippen molar-refractivity contribution < 1.29 is 4.79 Å². The Labute approximate surface area is 150 Å². The Morgan fingerprint density at radius 1 is 1.38 bits per heavy atom. The lowest BCUT2D eigenvalue weighted by Gasteiger charge is -2.12. The maximum atomic E-state index is 12.3. The minimum absolute atomic E-state index is 0.124. The molecule has 1 aromatic heterocycles. The van der Waals surface area contributed by atoms with Gasteiger partial charge in [0, 0.05) is 17.5 Å². The number of aryl methyl sites for hydroxylation is 1. The van der Waals surface area contributed by atoms with Gasteiger partial charge in [0.25, 0.3) is 5.56 Å². The van der Waals surface area contributed by atoms with E-state index in [-0.39, 0.29) is 16.7 Å². The molecule has 7 heteroatoms. The third-order valence-corrected chi connectivity index (χ3v) is 5.06. The molecule has 0 fully saturated rings. The van der Waals surface area contributed by atoms with E-state index in [0.717, 1.165) is 22.7 Å². The SMILES string of the molecule is CCSCc1cc(=O)[nH]c(SC(C)C(=O)Nc2cccc(C)c2)n1. The van der Waals surface area contributed by atoms with E-state index in [1.54, 1.807) is 18.7 Å². The fourth-order valence-corrected chi connectivity index (χ4v) is 3.40. The number of thioether (sulfide) groups is 2. The third-order valence-electron chi connectivity index (χ3n) is 3.17. The first-order valence-electron chi connectivity index (χ1n) is 7.70. The second-order valence-corrected chi connectivity index (χ2v) is 7.90. The van der Waals surface area contributed by atoms with Crippen LogP contribution in [0.3, 0.4) is 0 Å². The van der Waals surface area contributed by atoms with Crippen LogP contribution in [-0.2, 0) is 10.5 Å². The molecule has 2 N–H and O–H groups in total. The van der Waals surface area contributed by atoms with Gasteiger partial charge >= 0.3 is 0 Å². The standard InChI is InChI=1S/C17H21N3O2S2/c1-4-23-10-14-9-15(21)20-17(19-14)24-12(3)16(22)18-13-7-5-6-11(2)8-13/h5-9,12H,4,10H2,1-3H3,(H,18,22)(H,19,20,21). The molecule has 0 radical (unpaired) electrons. The van der Waals surface area contributed by atoms with Gasteiger partial charge in [0.2, 0.25) is 5.91 Å². The predicted octanol–water partition coefficient (Wildman–Crippen LogP) is 3.45. The summed E-state index contributed by atoms with van der Waals surface area (Å²) < 4.78 is 0. The molecule has 0 saturated heterocycles. The first-order valence-corrected chi connectivity index (χ1v) is 9.73. The van der Waals surface area contributed by atoms with E-state index in [1.807, 2.05) is 31.2 Å². The van der Waals surface area contributed by atoms with Crippen molar-refractivity contribution in [2.24, 2.45) is 0 Å². The van der Waals surface area contributed by atoms with Crippen LogP contribution in [0, 0.1) is 6.92 Å². The van der Waals surface area contributed by atoms with E-state index < -0.39 is 0 Å². The van der Waals surface area contributed by atoms with Crippen LogP contribution >= 0.6 is 23.5 Å². The predicted molar refractivity (Wildman–Crippen MR) is 102 cm³/mol. The summed E-state index contributed by atoms with van der Waals surface area (Å²) in [4.78, 5) is 31.2. The average Bonchev–Trinajstić information content (AvgIpc) is 2.52. The summed E-state index contributed by atoms with van der Waals surface area (Å²) in [5.74, 6) is 1.53. The number of rotatable bonds is 7. The summed E-state index contributed by atoms with van der Waals surface area (Å²) in [6, 6.07) is 9.15. The highest BCUT2D eigenvalue weighted by Gasteiger charge is 2.16. The second-order valence-electron chi connectivity index (χ2n) is 5.30. The van der Waals surface area contributed by atoms with Crippen molar-refractivity contribution in [3.05, 3.63) is 51.9 Å². The zero-order valence-corrected chi connectivity index (χ0v) is 15.6. The number of carbonyl (C=O) groups is 1. The van der Waals surface area contributed by atoms with E-state index in [0.29, 0.717) is 10.9 Å². The van der Waals surface area contributed by atoms with Crippen molar-refractivity contribution in [2.45, 2.75) is 36.9 Å². The average molecular weight is 364 g/mol. The van der Waals surface area contributed by atoms with Gasteiger partial charge in [0.15, 0.2) is 5.16 Å². The first-order chi connectivity index (χ1) is 11.5. The summed E-state index contributed by atoms with van der Waals surface area (Å²) in [7, 11) is 0. The highest BCUT2D eigenvalue weighted by Crippen LogP contribution is 2.21. The van der Waals surface area contributed by atoms with Gasteiger partial charge in [-0.05, 0) is 37.3 Å². The van der Waals surface area contributed by atoms with Crippen LogP contribution in [0.1, 0.15) is 25.1 Å². The largest absolute Gasteiger partial charge is 0.325 e. The topological polar surface area (TPSA) is 74.8 Å². The lowest BCUT2D eigenvalue weighted by Crippen LogP contribution is -2.23. The molecular formula is C17H21N3O2S2. The molecule has 2 rings (SSSR count). The number of carbonyl (C=O) groups excluding carboxylic acids is 1. The number of nitrogens with one attached hydrogen (secondary N) is 2. The van der Waals surface area contributed by atoms with Crippen LogP contribution in [0.2, 0.25) is 0 Å². The monoisotopic (exact) mass is 363 g/mol. The molecule has 0 aliphatic heterocycles. The van der Waals surface area contributed by atoms with E-state index in [1.165, 1.54) is 17.8 Å². The molecule has 2 aromatic rings. The highest BCUT2D eigenvalue weighted by molar-refractivity contribution is 8.00. The van der Waals surface area contributed by atoms with Crippen molar-refractivity contribution in [3.8, 4) is 0 Å². The molecule has 0 aliphatic carbocycles. The van der Waals surface area contributed by atoms with Gasteiger partial charge < -0.3 is 10.3 Å². The van der Waals surface area contributed by atoms with E-state index in [2.05, 4.69) is 22.2 Å². The molecule has 24 heavy (non-hydrogen) atoms. The van der Waals surface area contributed by atoms with E-state index in [9.17, 15) is 9.59 Å². The van der Waals surface area contributed by atoms with Crippen LogP contribution in [0.15, 0.2) is 40.3 Å². The number of nitrogens with zero attached hydrogens (tertiary/aromatic N) is 1. The van der Waals surface area contributed by atoms with Crippen LogP contribution in [0.25, 0.3) is 0 Å². The Morgan fingerprint density at radius 3 is 2.88 bits per heavy atom. The number of H-pyrrole nitrogens is 1. The number of amides is 1. The molecule has 1 heterocycles. The Kier molecular flexibility index (Phi) is 6.93. The molecule has 0 bridgehead atoms. The number of aromatic nitrogens is 2. The molecule has 0 spiro atoms. The van der Waals surface area contributed by atoms with Gasteiger partial charge in [-0.3, -0.25) is 9.59 Å². The van der Waals surface area contributed by atoms with Gasteiger partial charge in [0.05, 0.1) is 10.9 Å². The Balaban J connectivity index is 2.03. The number of hydrogen-bond donors (Lipinski definition) is 2. The molecule has 0 saturated carbocycles. The summed E-state index contributed by atoms with van der Waals surface area (Å²) in [5, 5.41) is 2.98. The summed E-state index contributed by atoms with van der Waals surface area (Å²) in [6.07, 6.45) is 0. The Bertz CT molecular complexity index is 761. The van der Waals surface area contributed by atoms with Gasteiger partial charge in [0.1, 0.15) is 0 Å². The molecule has 1 amide bonds. The normalized spacial score (nSPS) is 12.0. The zero-order chi connectivity index (χ0) is 17.5. The third kappa shape index (κ3) is 5.72. The van der Waals surface area contributed by atoms with E-state index >= 15 is 0 Å². The molecule has 1 unspecified atom stereocenters. The minimum atomic E-state index is -0.372. The summed E-state index contributed by atoms with van der Waals surface area (Å²) >= 11 is 2.95.